The van der Waals surface area contributed by atoms with Crippen molar-refractivity contribution in [3.8, 4) is 0 Å². The molecule has 0 saturated carbocycles. The van der Waals surface area contributed by atoms with Crippen LogP contribution in [0, 0.1) is 5.92 Å². The Morgan fingerprint density at radius 3 is 2.61 bits per heavy atom. The summed E-state index contributed by atoms with van der Waals surface area (Å²) in [5.41, 5.74) is 8.68. The summed E-state index contributed by atoms with van der Waals surface area (Å²) in [6, 6.07) is 9.38. The maximum atomic E-state index is 6.00. The molecule has 3 heteroatoms. The summed E-state index contributed by atoms with van der Waals surface area (Å²) in [5.74, 6) is 3.30. The first-order valence-electron chi connectivity index (χ1n) is 6.85. The topological polar surface area (TPSA) is 29.3 Å². The second-order valence-electron chi connectivity index (χ2n) is 5.06. The van der Waals surface area contributed by atoms with Crippen molar-refractivity contribution in [3.63, 3.8) is 0 Å². The van der Waals surface area contributed by atoms with Crippen molar-refractivity contribution in [1.29, 1.82) is 0 Å². The number of benzene rings is 1. The summed E-state index contributed by atoms with van der Waals surface area (Å²) in [7, 11) is 2.18. The lowest BCUT2D eigenvalue weighted by Gasteiger charge is -2.33. The van der Waals surface area contributed by atoms with Gasteiger partial charge in [-0.2, -0.15) is 11.8 Å². The lowest BCUT2D eigenvalue weighted by Crippen LogP contribution is -2.43. The van der Waals surface area contributed by atoms with E-state index in [9.17, 15) is 0 Å². The van der Waals surface area contributed by atoms with E-state index in [1.54, 1.807) is 0 Å². The summed E-state index contributed by atoms with van der Waals surface area (Å²) in [6.07, 6.45) is 2.41. The number of hydrogen-bond donors (Lipinski definition) is 1. The second kappa shape index (κ2) is 6.48. The smallest absolute Gasteiger partial charge is 0.0445 e. The molecule has 0 aromatic heterocycles. The van der Waals surface area contributed by atoms with Gasteiger partial charge < -0.3 is 10.6 Å². The van der Waals surface area contributed by atoms with Gasteiger partial charge >= 0.3 is 0 Å². The van der Waals surface area contributed by atoms with E-state index in [2.05, 4.69) is 54.9 Å². The molecule has 0 amide bonds. The van der Waals surface area contributed by atoms with Crippen LogP contribution in [0.15, 0.2) is 24.3 Å². The molecule has 1 saturated heterocycles. The van der Waals surface area contributed by atoms with Gasteiger partial charge in [0.1, 0.15) is 0 Å². The van der Waals surface area contributed by atoms with Crippen LogP contribution in [0.4, 0.5) is 5.69 Å². The van der Waals surface area contributed by atoms with Gasteiger partial charge in [0.25, 0.3) is 0 Å². The van der Waals surface area contributed by atoms with Crippen LogP contribution in [0.3, 0.4) is 0 Å². The number of nitrogens with zero attached hydrogens (tertiary/aromatic N) is 1. The molecule has 1 aromatic carbocycles. The van der Waals surface area contributed by atoms with Gasteiger partial charge in [-0.3, -0.25) is 0 Å². The van der Waals surface area contributed by atoms with Crippen molar-refractivity contribution < 1.29 is 0 Å². The summed E-state index contributed by atoms with van der Waals surface area (Å²) in [6.45, 7) is 2.94. The number of nitrogens with two attached hydrogens (primary N) is 1. The van der Waals surface area contributed by atoms with Gasteiger partial charge in [0, 0.05) is 25.3 Å². The Morgan fingerprint density at radius 1 is 1.39 bits per heavy atom. The van der Waals surface area contributed by atoms with E-state index >= 15 is 0 Å². The number of anilines is 1. The third kappa shape index (κ3) is 3.01. The average molecular weight is 264 g/mol. The molecule has 0 aliphatic carbocycles. The van der Waals surface area contributed by atoms with Crippen LogP contribution in [0.2, 0.25) is 0 Å². The predicted octanol–water partition coefficient (Wildman–Crippen LogP) is 2.77. The van der Waals surface area contributed by atoms with Crippen LogP contribution < -0.4 is 10.6 Å². The predicted molar refractivity (Wildman–Crippen MR) is 82.5 cm³/mol. The fourth-order valence-corrected chi connectivity index (χ4v) is 4.01. The van der Waals surface area contributed by atoms with E-state index in [-0.39, 0.29) is 0 Å². The molecule has 1 aliphatic rings. The van der Waals surface area contributed by atoms with Crippen LogP contribution in [0.5, 0.6) is 0 Å². The summed E-state index contributed by atoms with van der Waals surface area (Å²) in [5, 5.41) is 0. The maximum Gasteiger partial charge on any atom is 0.0445 e. The van der Waals surface area contributed by atoms with Crippen LogP contribution in [0.25, 0.3) is 0 Å². The third-order valence-corrected chi connectivity index (χ3v) is 5.19. The number of likely N-dealkylation sites (N-methyl/N-ethyl adjacent to an activating group) is 1. The van der Waals surface area contributed by atoms with Crippen molar-refractivity contribution in [3.05, 3.63) is 29.8 Å². The normalized spacial score (nSPS) is 20.9. The lowest BCUT2D eigenvalue weighted by molar-refractivity contribution is 0.454. The van der Waals surface area contributed by atoms with Crippen molar-refractivity contribution in [2.45, 2.75) is 25.8 Å². The fraction of sp³-hybridized carbons (Fsp3) is 0.600. The summed E-state index contributed by atoms with van der Waals surface area (Å²) < 4.78 is 0. The molecule has 2 rings (SSSR count). The zero-order valence-corrected chi connectivity index (χ0v) is 12.2. The molecule has 100 valence electrons. The number of hydrogen-bond acceptors (Lipinski definition) is 3. The first-order chi connectivity index (χ1) is 8.76. The second-order valence-corrected chi connectivity index (χ2v) is 6.21. The van der Waals surface area contributed by atoms with E-state index in [0.717, 1.165) is 18.9 Å². The molecule has 0 spiro atoms. The molecule has 2 nitrogen and oxygen atoms in total. The van der Waals surface area contributed by atoms with E-state index < -0.39 is 0 Å². The van der Waals surface area contributed by atoms with Crippen LogP contribution in [-0.2, 0) is 6.42 Å². The molecule has 2 unspecified atom stereocenters. The van der Waals surface area contributed by atoms with E-state index in [1.165, 1.54) is 29.2 Å². The Morgan fingerprint density at radius 2 is 2.11 bits per heavy atom. The van der Waals surface area contributed by atoms with E-state index in [0.29, 0.717) is 6.04 Å². The fourth-order valence-electron chi connectivity index (χ4n) is 2.68. The SMILES string of the molecule is CCc1ccc(N(C)C(CN)C2CCSC2)cc1. The molecule has 18 heavy (non-hydrogen) atoms. The largest absolute Gasteiger partial charge is 0.370 e. The van der Waals surface area contributed by atoms with E-state index in [1.807, 2.05) is 0 Å². The molecule has 2 atom stereocenters. The zero-order valence-electron chi connectivity index (χ0n) is 11.4. The molecular weight excluding hydrogens is 240 g/mol. The molecular formula is C15H24N2S. The standard InChI is InChI=1S/C15H24N2S/c1-3-12-4-6-14(7-5-12)17(2)15(10-16)13-8-9-18-11-13/h4-7,13,15H,3,8-11,16H2,1-2H3. The molecule has 1 heterocycles. The Labute approximate surface area is 115 Å². The highest BCUT2D eigenvalue weighted by Gasteiger charge is 2.27. The molecule has 2 N–H and O–H groups in total. The highest BCUT2D eigenvalue weighted by Crippen LogP contribution is 2.30. The average Bonchev–Trinajstić information content (AvgIpc) is 2.93. The maximum absolute atomic E-state index is 6.00. The van der Waals surface area contributed by atoms with Crippen molar-refractivity contribution in [2.75, 3.05) is 30.0 Å². The molecule has 0 bridgehead atoms. The minimum Gasteiger partial charge on any atom is -0.370 e. The zero-order chi connectivity index (χ0) is 13.0. The first kappa shape index (κ1) is 13.8. The molecule has 1 aromatic rings. The van der Waals surface area contributed by atoms with Gasteiger partial charge in [0.2, 0.25) is 0 Å². The molecule has 1 fully saturated rings. The lowest BCUT2D eigenvalue weighted by atomic mass is 9.97. The summed E-state index contributed by atoms with van der Waals surface area (Å²) >= 11 is 2.06. The number of aryl methyl sites for hydroxylation is 1. The minimum absolute atomic E-state index is 0.479. The van der Waals surface area contributed by atoms with E-state index in [4.69, 9.17) is 5.73 Å². The van der Waals surface area contributed by atoms with Gasteiger partial charge in [0.05, 0.1) is 0 Å². The Hall–Kier alpha value is -0.670. The minimum atomic E-state index is 0.479. The Kier molecular flexibility index (Phi) is 4.95. The van der Waals surface area contributed by atoms with Gasteiger partial charge in [-0.25, -0.2) is 0 Å². The highest BCUT2D eigenvalue weighted by molar-refractivity contribution is 7.99. The van der Waals surface area contributed by atoms with Gasteiger partial charge in [-0.1, -0.05) is 19.1 Å². The number of rotatable bonds is 5. The van der Waals surface area contributed by atoms with Gasteiger partial charge in [-0.15, -0.1) is 0 Å². The highest BCUT2D eigenvalue weighted by atomic mass is 32.2. The summed E-state index contributed by atoms with van der Waals surface area (Å²) in [4.78, 5) is 2.37. The Balaban J connectivity index is 2.09. The molecule has 1 aliphatic heterocycles. The van der Waals surface area contributed by atoms with Crippen LogP contribution >= 0.6 is 11.8 Å². The van der Waals surface area contributed by atoms with Crippen LogP contribution in [0.1, 0.15) is 18.9 Å². The molecule has 0 radical (unpaired) electrons. The third-order valence-electron chi connectivity index (χ3n) is 4.00. The van der Waals surface area contributed by atoms with Crippen molar-refractivity contribution >= 4 is 17.4 Å². The van der Waals surface area contributed by atoms with Crippen LogP contribution in [-0.4, -0.2) is 31.1 Å². The number of thioether (sulfide) groups is 1. The van der Waals surface area contributed by atoms with Gasteiger partial charge in [-0.05, 0) is 48.0 Å². The van der Waals surface area contributed by atoms with Crippen molar-refractivity contribution in [1.82, 2.24) is 0 Å². The monoisotopic (exact) mass is 264 g/mol. The quantitative estimate of drug-likeness (QED) is 0.886. The Bertz CT molecular complexity index is 357. The first-order valence-corrected chi connectivity index (χ1v) is 8.01. The van der Waals surface area contributed by atoms with Crippen molar-refractivity contribution in [2.24, 2.45) is 11.7 Å². The van der Waals surface area contributed by atoms with Gasteiger partial charge in [0.15, 0.2) is 0 Å².